The Bertz CT molecular complexity index is 555. The highest BCUT2D eigenvalue weighted by Crippen LogP contribution is 2.20. The lowest BCUT2D eigenvalue weighted by Crippen LogP contribution is -2.00. The van der Waals surface area contributed by atoms with Gasteiger partial charge in [0, 0.05) is 12.1 Å². The average molecular weight is 206 g/mol. The van der Waals surface area contributed by atoms with Gasteiger partial charge in [0.2, 0.25) is 0 Å². The minimum absolute atomic E-state index is 0.0619. The Morgan fingerprint density at radius 1 is 1.40 bits per heavy atom. The number of non-ortho nitro benzene ring substituents is 1. The van der Waals surface area contributed by atoms with Crippen LogP contribution in [0.3, 0.4) is 0 Å². The first-order chi connectivity index (χ1) is 7.18. The van der Waals surface area contributed by atoms with Crippen molar-refractivity contribution in [1.29, 1.82) is 0 Å². The largest absolute Gasteiger partial charge is 0.386 e. The van der Waals surface area contributed by atoms with Gasteiger partial charge in [-0.2, -0.15) is 5.16 Å². The van der Waals surface area contributed by atoms with E-state index in [0.717, 1.165) is 0 Å². The molecular weight excluding hydrogens is 200 g/mol. The van der Waals surface area contributed by atoms with Crippen LogP contribution in [0.2, 0.25) is 0 Å². The highest BCUT2D eigenvalue weighted by atomic mass is 16.6. The fourth-order valence-corrected chi connectivity index (χ4v) is 1.24. The average Bonchev–Trinajstić information content (AvgIpc) is 2.64. The summed E-state index contributed by atoms with van der Waals surface area (Å²) >= 11 is 0. The predicted molar refractivity (Wildman–Crippen MR) is 51.4 cm³/mol. The minimum Gasteiger partial charge on any atom is -0.386 e. The third-order valence-corrected chi connectivity index (χ3v) is 1.94. The van der Waals surface area contributed by atoms with Crippen molar-refractivity contribution in [3.05, 3.63) is 51.0 Å². The molecule has 0 radical (unpaired) electrons. The Morgan fingerprint density at radius 3 is 2.80 bits per heavy atom. The molecule has 6 nitrogen and oxygen atoms in total. The smallest absolute Gasteiger partial charge is 0.287 e. The van der Waals surface area contributed by atoms with E-state index in [4.69, 9.17) is 0 Å². The number of benzene rings is 1. The van der Waals surface area contributed by atoms with Crippen molar-refractivity contribution in [3.63, 3.8) is 0 Å². The van der Waals surface area contributed by atoms with E-state index in [9.17, 15) is 14.9 Å². The molecule has 6 heteroatoms. The number of aromatic nitrogens is 1. The standard InChI is InChI=1S/C9H6N2O4/c12-9-8(5-15-10-9)6-2-1-3-7(4-6)11(13)14/h1-5H,(H,10,12). The third-order valence-electron chi connectivity index (χ3n) is 1.94. The molecule has 0 bridgehead atoms. The molecule has 0 aliphatic rings. The van der Waals surface area contributed by atoms with Crippen LogP contribution in [0.25, 0.3) is 11.1 Å². The second-order valence-electron chi connectivity index (χ2n) is 2.89. The highest BCUT2D eigenvalue weighted by Gasteiger charge is 2.10. The number of hydrogen-bond acceptors (Lipinski definition) is 4. The maximum Gasteiger partial charge on any atom is 0.287 e. The Kier molecular flexibility index (Phi) is 2.09. The van der Waals surface area contributed by atoms with Crippen LogP contribution >= 0.6 is 0 Å². The van der Waals surface area contributed by atoms with E-state index in [2.05, 4.69) is 9.68 Å². The Balaban J connectivity index is 2.55. The van der Waals surface area contributed by atoms with Crippen molar-refractivity contribution in [3.8, 4) is 11.1 Å². The normalized spacial score (nSPS) is 10.1. The number of hydrogen-bond donors (Lipinski definition) is 1. The molecule has 0 saturated carbocycles. The first-order valence-electron chi connectivity index (χ1n) is 4.09. The molecule has 1 aromatic carbocycles. The molecule has 0 saturated heterocycles. The zero-order valence-electron chi connectivity index (χ0n) is 7.47. The molecule has 0 aliphatic carbocycles. The van der Waals surface area contributed by atoms with E-state index in [1.165, 1.54) is 24.5 Å². The summed E-state index contributed by atoms with van der Waals surface area (Å²) in [6.45, 7) is 0. The van der Waals surface area contributed by atoms with Gasteiger partial charge >= 0.3 is 0 Å². The van der Waals surface area contributed by atoms with Gasteiger partial charge in [0.15, 0.2) is 0 Å². The Morgan fingerprint density at radius 2 is 2.20 bits per heavy atom. The maximum atomic E-state index is 11.2. The summed E-state index contributed by atoms with van der Waals surface area (Å²) in [5, 5.41) is 12.6. The van der Waals surface area contributed by atoms with E-state index in [-0.39, 0.29) is 11.3 Å². The summed E-state index contributed by atoms with van der Waals surface area (Å²) in [6.07, 6.45) is 1.22. The topological polar surface area (TPSA) is 89.1 Å². The molecule has 0 amide bonds. The van der Waals surface area contributed by atoms with E-state index in [0.29, 0.717) is 5.56 Å². The fraction of sp³-hybridized carbons (Fsp3) is 0. The van der Waals surface area contributed by atoms with E-state index in [1.807, 2.05) is 0 Å². The second-order valence-corrected chi connectivity index (χ2v) is 2.89. The molecule has 1 N–H and O–H groups in total. The van der Waals surface area contributed by atoms with Gasteiger partial charge in [0.05, 0.1) is 10.5 Å². The summed E-state index contributed by atoms with van der Waals surface area (Å²) < 4.78 is 4.59. The van der Waals surface area contributed by atoms with Crippen molar-refractivity contribution >= 4 is 5.69 Å². The molecule has 0 unspecified atom stereocenters. The third kappa shape index (κ3) is 1.64. The zero-order valence-corrected chi connectivity index (χ0v) is 7.47. The molecule has 1 heterocycles. The summed E-state index contributed by atoms with van der Waals surface area (Å²) in [7, 11) is 0. The lowest BCUT2D eigenvalue weighted by Gasteiger charge is -1.94. The Hall–Kier alpha value is -2.37. The van der Waals surface area contributed by atoms with Crippen molar-refractivity contribution in [2.75, 3.05) is 0 Å². The SMILES string of the molecule is O=c1[nH]occ1-c1cccc([N+](=O)[O-])c1. The lowest BCUT2D eigenvalue weighted by molar-refractivity contribution is -0.384. The molecule has 0 fully saturated rings. The second kappa shape index (κ2) is 3.41. The monoisotopic (exact) mass is 206 g/mol. The van der Waals surface area contributed by atoms with Crippen LogP contribution in [0, 0.1) is 10.1 Å². The lowest BCUT2D eigenvalue weighted by atomic mass is 10.1. The number of aromatic amines is 1. The van der Waals surface area contributed by atoms with Crippen LogP contribution < -0.4 is 5.56 Å². The molecule has 0 aliphatic heterocycles. The summed E-state index contributed by atoms with van der Waals surface area (Å²) in [5.74, 6) is 0. The van der Waals surface area contributed by atoms with Gasteiger partial charge in [0.25, 0.3) is 11.2 Å². The quantitative estimate of drug-likeness (QED) is 0.596. The van der Waals surface area contributed by atoms with Gasteiger partial charge in [-0.1, -0.05) is 12.1 Å². The fourth-order valence-electron chi connectivity index (χ4n) is 1.24. The molecule has 76 valence electrons. The number of nitrogens with zero attached hydrogens (tertiary/aromatic N) is 1. The van der Waals surface area contributed by atoms with Crippen molar-refractivity contribution in [2.45, 2.75) is 0 Å². The van der Waals surface area contributed by atoms with Crippen molar-refractivity contribution in [2.24, 2.45) is 0 Å². The number of rotatable bonds is 2. The molecule has 1 aromatic heterocycles. The minimum atomic E-state index is -0.516. The maximum absolute atomic E-state index is 11.2. The van der Waals surface area contributed by atoms with Crippen LogP contribution in [-0.2, 0) is 0 Å². The van der Waals surface area contributed by atoms with Gasteiger partial charge in [-0.05, 0) is 5.56 Å². The zero-order chi connectivity index (χ0) is 10.8. The van der Waals surface area contributed by atoms with E-state index < -0.39 is 10.5 Å². The van der Waals surface area contributed by atoms with Crippen LogP contribution in [-0.4, -0.2) is 10.1 Å². The first kappa shape index (κ1) is 9.20. The first-order valence-corrected chi connectivity index (χ1v) is 4.09. The number of H-pyrrole nitrogens is 1. The molecule has 15 heavy (non-hydrogen) atoms. The molecule has 0 atom stereocenters. The van der Waals surface area contributed by atoms with Crippen molar-refractivity contribution in [1.82, 2.24) is 5.16 Å². The van der Waals surface area contributed by atoms with Gasteiger partial charge in [-0.25, -0.2) is 0 Å². The van der Waals surface area contributed by atoms with E-state index in [1.54, 1.807) is 6.07 Å². The van der Waals surface area contributed by atoms with Crippen LogP contribution in [0.4, 0.5) is 5.69 Å². The van der Waals surface area contributed by atoms with Gasteiger partial charge in [-0.15, -0.1) is 0 Å². The highest BCUT2D eigenvalue weighted by molar-refractivity contribution is 5.63. The van der Waals surface area contributed by atoms with Crippen LogP contribution in [0.5, 0.6) is 0 Å². The van der Waals surface area contributed by atoms with Gasteiger partial charge < -0.3 is 4.52 Å². The number of nitrogens with one attached hydrogen (secondary N) is 1. The predicted octanol–water partition coefficient (Wildman–Crippen LogP) is 1.54. The number of nitro groups is 1. The summed E-state index contributed by atoms with van der Waals surface area (Å²) in [6, 6.07) is 5.80. The summed E-state index contributed by atoms with van der Waals surface area (Å²) in [5.41, 5.74) is 0.265. The summed E-state index contributed by atoms with van der Waals surface area (Å²) in [4.78, 5) is 21.2. The van der Waals surface area contributed by atoms with E-state index >= 15 is 0 Å². The molecule has 2 aromatic rings. The molecule has 0 spiro atoms. The van der Waals surface area contributed by atoms with Gasteiger partial charge in [0.1, 0.15) is 6.26 Å². The van der Waals surface area contributed by atoms with Crippen molar-refractivity contribution < 1.29 is 9.45 Å². The van der Waals surface area contributed by atoms with Gasteiger partial charge in [-0.3, -0.25) is 14.9 Å². The van der Waals surface area contributed by atoms with Crippen LogP contribution in [0.1, 0.15) is 0 Å². The molecule has 2 rings (SSSR count). The van der Waals surface area contributed by atoms with Crippen LogP contribution in [0.15, 0.2) is 39.8 Å². The Labute approximate surface area is 83.3 Å². The molecular formula is C9H6N2O4. The number of nitro benzene ring substituents is 1.